The van der Waals surface area contributed by atoms with E-state index in [2.05, 4.69) is 0 Å². The van der Waals surface area contributed by atoms with Gasteiger partial charge in [0.1, 0.15) is 0 Å². The topological polar surface area (TPSA) is 116 Å². The number of nitrogens with two attached hydrogens (primary N) is 1. The molecule has 8 nitrogen and oxygen atoms in total. The Hall–Kier alpha value is -0.500. The van der Waals surface area contributed by atoms with Crippen molar-refractivity contribution in [3.63, 3.8) is 0 Å². The maximum absolute atomic E-state index is 11.7. The predicted octanol–water partition coefficient (Wildman–Crippen LogP) is 0.640. The van der Waals surface area contributed by atoms with Gasteiger partial charge in [-0.15, -0.1) is 0 Å². The summed E-state index contributed by atoms with van der Waals surface area (Å²) in [6.45, 7) is 9.26. The van der Waals surface area contributed by atoms with Crippen LogP contribution in [0, 0.1) is 5.92 Å². The number of hydrogen-bond acceptors (Lipinski definition) is 5. The van der Waals surface area contributed by atoms with Crippen LogP contribution in [0.25, 0.3) is 0 Å². The highest BCUT2D eigenvalue weighted by Crippen LogP contribution is 2.41. The molecule has 1 fully saturated rings. The molecule has 1 amide bonds. The lowest BCUT2D eigenvalue weighted by molar-refractivity contribution is -0.135. The number of rotatable bonds is 5. The Morgan fingerprint density at radius 1 is 1.30 bits per heavy atom. The Balaban J connectivity index is 0.000000585. The van der Waals surface area contributed by atoms with Crippen molar-refractivity contribution in [2.24, 2.45) is 11.4 Å². The predicted molar refractivity (Wildman–Crippen MR) is 89.8 cm³/mol. The lowest BCUT2D eigenvalue weighted by Crippen LogP contribution is -2.49. The average molecular weight is 353 g/mol. The van der Waals surface area contributed by atoms with Crippen LogP contribution in [0.2, 0.25) is 0 Å². The second kappa shape index (κ2) is 9.71. The number of carbonyl (C=O) groups is 1. The molecular formula is C14H32N3O5P. The van der Waals surface area contributed by atoms with Crippen molar-refractivity contribution >= 4 is 13.6 Å². The number of piperazine rings is 1. The van der Waals surface area contributed by atoms with Crippen molar-refractivity contribution in [2.75, 3.05) is 39.9 Å². The molecular weight excluding hydrogens is 321 g/mol. The third-order valence-electron chi connectivity index (χ3n) is 3.44. The van der Waals surface area contributed by atoms with Gasteiger partial charge in [-0.05, 0) is 20.3 Å². The first-order valence-electron chi connectivity index (χ1n) is 7.76. The van der Waals surface area contributed by atoms with E-state index in [-0.39, 0.29) is 18.4 Å². The van der Waals surface area contributed by atoms with Crippen LogP contribution in [0.5, 0.6) is 0 Å². The molecule has 1 aliphatic heterocycles. The Morgan fingerprint density at radius 3 is 2.04 bits per heavy atom. The van der Waals surface area contributed by atoms with Gasteiger partial charge in [-0.2, -0.15) is 0 Å². The van der Waals surface area contributed by atoms with Gasteiger partial charge in [-0.25, -0.2) is 10.2 Å². The quantitative estimate of drug-likeness (QED) is 0.621. The van der Waals surface area contributed by atoms with Crippen LogP contribution in [-0.2, 0) is 13.9 Å². The van der Waals surface area contributed by atoms with E-state index in [4.69, 9.17) is 20.2 Å². The van der Waals surface area contributed by atoms with Gasteiger partial charge in [0.2, 0.25) is 5.91 Å². The normalized spacial score (nSPS) is 19.1. The minimum Gasteiger partial charge on any atom is -0.396 e. The van der Waals surface area contributed by atoms with Gasteiger partial charge < -0.3 is 19.6 Å². The molecule has 0 aromatic heterocycles. The van der Waals surface area contributed by atoms with Gasteiger partial charge in [-0.1, -0.05) is 13.8 Å². The van der Waals surface area contributed by atoms with Gasteiger partial charge in [-0.3, -0.25) is 9.36 Å². The monoisotopic (exact) mass is 353 g/mol. The van der Waals surface area contributed by atoms with E-state index >= 15 is 0 Å². The number of aliphatic hydroxyl groups is 2. The van der Waals surface area contributed by atoms with Crippen LogP contribution >= 0.6 is 7.67 Å². The summed E-state index contributed by atoms with van der Waals surface area (Å²) >= 11 is 0. The van der Waals surface area contributed by atoms with Gasteiger partial charge in [0.05, 0.1) is 5.60 Å². The first kappa shape index (κ1) is 22.5. The lowest BCUT2D eigenvalue weighted by Gasteiger charge is -2.36. The fraction of sp³-hybridized carbons (Fsp3) is 0.929. The molecule has 0 saturated carbocycles. The van der Waals surface area contributed by atoms with Crippen LogP contribution in [0.15, 0.2) is 0 Å². The van der Waals surface area contributed by atoms with Crippen molar-refractivity contribution < 1.29 is 24.1 Å². The average Bonchev–Trinajstić information content (AvgIpc) is 2.46. The minimum absolute atomic E-state index is 0.00124. The van der Waals surface area contributed by atoms with Crippen molar-refractivity contribution in [1.29, 1.82) is 0 Å². The van der Waals surface area contributed by atoms with Gasteiger partial charge in [0.25, 0.3) is 0 Å². The molecule has 1 aliphatic rings. The molecule has 9 heteroatoms. The number of amides is 1. The number of carbonyl (C=O) groups excluding carboxylic acids is 1. The summed E-state index contributed by atoms with van der Waals surface area (Å²) in [5.74, 6) is 0.127. The summed E-state index contributed by atoms with van der Waals surface area (Å²) in [4.78, 5) is 13.5. The van der Waals surface area contributed by atoms with Gasteiger partial charge >= 0.3 is 7.67 Å². The zero-order chi connectivity index (χ0) is 18.3. The number of nitrogens with zero attached hydrogens (tertiary/aromatic N) is 2. The molecule has 0 bridgehead atoms. The zero-order valence-corrected chi connectivity index (χ0v) is 15.8. The van der Waals surface area contributed by atoms with Crippen LogP contribution in [0.1, 0.15) is 34.1 Å². The second-order valence-electron chi connectivity index (χ2n) is 6.47. The summed E-state index contributed by atoms with van der Waals surface area (Å²) in [6, 6.07) is 0. The van der Waals surface area contributed by atoms with Crippen molar-refractivity contribution in [1.82, 2.24) is 9.57 Å². The van der Waals surface area contributed by atoms with E-state index in [9.17, 15) is 9.36 Å². The first-order valence-corrected chi connectivity index (χ1v) is 9.41. The van der Waals surface area contributed by atoms with Crippen molar-refractivity contribution in [2.45, 2.75) is 39.7 Å². The van der Waals surface area contributed by atoms with E-state index < -0.39 is 13.3 Å². The highest BCUT2D eigenvalue weighted by atomic mass is 31.2. The largest absolute Gasteiger partial charge is 0.396 e. The van der Waals surface area contributed by atoms with Crippen LogP contribution < -0.4 is 5.50 Å². The Labute approximate surface area is 139 Å². The Morgan fingerprint density at radius 2 is 1.78 bits per heavy atom. The molecule has 0 radical (unpaired) electrons. The van der Waals surface area contributed by atoms with E-state index in [1.54, 1.807) is 23.4 Å². The highest BCUT2D eigenvalue weighted by molar-refractivity contribution is 7.53. The van der Waals surface area contributed by atoms with E-state index in [1.807, 2.05) is 13.8 Å². The second-order valence-corrected chi connectivity index (χ2v) is 8.53. The molecule has 1 saturated heterocycles. The molecule has 1 heterocycles. The summed E-state index contributed by atoms with van der Waals surface area (Å²) in [6.07, 6.45) is 0.451. The number of aliphatic hydroxyl groups excluding tert-OH is 1. The van der Waals surface area contributed by atoms with Crippen LogP contribution in [-0.4, -0.2) is 71.2 Å². The molecule has 23 heavy (non-hydrogen) atoms. The van der Waals surface area contributed by atoms with Crippen molar-refractivity contribution in [3.05, 3.63) is 0 Å². The van der Waals surface area contributed by atoms with E-state index in [0.29, 0.717) is 32.6 Å². The fourth-order valence-corrected chi connectivity index (χ4v) is 2.92. The number of hydrogen-bond donors (Lipinski definition) is 3. The minimum atomic E-state index is -3.13. The molecule has 0 spiro atoms. The first-order chi connectivity index (χ1) is 10.4. The summed E-state index contributed by atoms with van der Waals surface area (Å²) in [7, 11) is -1.79. The molecule has 0 aliphatic carbocycles. The lowest BCUT2D eigenvalue weighted by atomic mass is 10.1. The third-order valence-corrected chi connectivity index (χ3v) is 5.15. The fourth-order valence-electron chi connectivity index (χ4n) is 1.95. The zero-order valence-electron chi connectivity index (χ0n) is 14.9. The maximum atomic E-state index is 11.7. The smallest absolute Gasteiger partial charge is 0.340 e. The van der Waals surface area contributed by atoms with Crippen molar-refractivity contribution in [3.8, 4) is 0 Å². The SMILES string of the molecule is CC(C)(O)CCO.COP(N)(=O)N1CCN(C(=O)C(C)C)CC1. The summed E-state index contributed by atoms with van der Waals surface area (Å²) < 4.78 is 18.1. The molecule has 1 unspecified atom stereocenters. The van der Waals surface area contributed by atoms with Gasteiger partial charge in [0, 0.05) is 45.8 Å². The van der Waals surface area contributed by atoms with Crippen LogP contribution in [0.3, 0.4) is 0 Å². The maximum Gasteiger partial charge on any atom is 0.340 e. The third kappa shape index (κ3) is 8.79. The Bertz CT molecular complexity index is 404. The molecule has 1 atom stereocenters. The van der Waals surface area contributed by atoms with E-state index in [0.717, 1.165) is 0 Å². The summed E-state index contributed by atoms with van der Waals surface area (Å²) in [5, 5.41) is 17.1. The standard InChI is InChI=1S/C9H20N3O3P.C5H12O2/c1-8(2)9(13)11-4-6-12(7-5-11)16(10,14)15-3;1-5(2,7)3-4-6/h8H,4-7H2,1-3H3,(H2,10,14);6-7H,3-4H2,1-2H3. The van der Waals surface area contributed by atoms with E-state index in [1.165, 1.54) is 7.11 Å². The van der Waals surface area contributed by atoms with Crippen LogP contribution in [0.4, 0.5) is 0 Å². The molecule has 4 N–H and O–H groups in total. The Kier molecular flexibility index (Phi) is 9.50. The molecule has 0 aromatic rings. The van der Waals surface area contributed by atoms with Gasteiger partial charge in [0.15, 0.2) is 0 Å². The molecule has 0 aromatic carbocycles. The molecule has 1 rings (SSSR count). The molecule has 138 valence electrons. The highest BCUT2D eigenvalue weighted by Gasteiger charge is 2.31. The summed E-state index contributed by atoms with van der Waals surface area (Å²) in [5.41, 5.74) is 4.83.